The molecule has 5 nitrogen and oxygen atoms in total. The van der Waals surface area contributed by atoms with Crippen molar-refractivity contribution >= 4 is 11.8 Å². The smallest absolute Gasteiger partial charge is 0.232 e. The molecule has 0 bridgehead atoms. The van der Waals surface area contributed by atoms with Gasteiger partial charge in [0.25, 0.3) is 0 Å². The van der Waals surface area contributed by atoms with E-state index in [2.05, 4.69) is 0 Å². The average Bonchev–Trinajstić information content (AvgIpc) is 2.56. The first-order valence-corrected chi connectivity index (χ1v) is 6.46. The Kier molecular flexibility index (Phi) is 2.83. The maximum Gasteiger partial charge on any atom is 0.232 e. The summed E-state index contributed by atoms with van der Waals surface area (Å²) < 4.78 is 0. The Morgan fingerprint density at radius 2 is 1.78 bits per heavy atom. The first-order chi connectivity index (χ1) is 8.09. The van der Waals surface area contributed by atoms with Crippen LogP contribution in [0.25, 0.3) is 0 Å². The van der Waals surface area contributed by atoms with Crippen LogP contribution in [-0.2, 0) is 9.59 Å². The van der Waals surface area contributed by atoms with E-state index < -0.39 is 5.54 Å². The van der Waals surface area contributed by atoms with Crippen molar-refractivity contribution in [3.63, 3.8) is 0 Å². The first-order valence-electron chi connectivity index (χ1n) is 6.46. The van der Waals surface area contributed by atoms with E-state index in [-0.39, 0.29) is 29.3 Å². The van der Waals surface area contributed by atoms with E-state index in [0.29, 0.717) is 12.8 Å². The van der Waals surface area contributed by atoms with Gasteiger partial charge in [-0.2, -0.15) is 0 Å². The number of rotatable bonds is 1. The molecule has 0 saturated carbocycles. The van der Waals surface area contributed by atoms with Crippen molar-refractivity contribution in [1.29, 1.82) is 0 Å². The van der Waals surface area contributed by atoms with Gasteiger partial charge in [0, 0.05) is 12.3 Å². The number of carbonyl (C=O) groups is 2. The second kappa shape index (κ2) is 3.78. The Bertz CT molecular complexity index is 403. The SMILES string of the molecule is CC1CC(=O)N(C2CC(C)(C)N([OH2+])C2(C)C)C1=O. The van der Waals surface area contributed by atoms with Crippen molar-refractivity contribution < 1.29 is 14.8 Å². The lowest BCUT2D eigenvalue weighted by atomic mass is 9.93. The van der Waals surface area contributed by atoms with Gasteiger partial charge in [-0.25, -0.2) is 0 Å². The van der Waals surface area contributed by atoms with Crippen molar-refractivity contribution in [2.75, 3.05) is 0 Å². The fourth-order valence-corrected chi connectivity index (χ4v) is 3.29. The summed E-state index contributed by atoms with van der Waals surface area (Å²) in [7, 11) is 0. The zero-order valence-corrected chi connectivity index (χ0v) is 11.8. The second-order valence-corrected chi connectivity index (χ2v) is 6.73. The number of nitrogens with zero attached hydrogens (tertiary/aromatic N) is 2. The minimum Gasteiger partial charge on any atom is -0.338 e. The van der Waals surface area contributed by atoms with Crippen LogP contribution in [0, 0.1) is 5.92 Å². The van der Waals surface area contributed by atoms with E-state index in [1.54, 1.807) is 6.92 Å². The van der Waals surface area contributed by atoms with Gasteiger partial charge in [-0.3, -0.25) is 14.5 Å². The summed E-state index contributed by atoms with van der Waals surface area (Å²) in [6, 6.07) is -0.199. The van der Waals surface area contributed by atoms with Crippen LogP contribution in [0.5, 0.6) is 0 Å². The molecule has 2 rings (SSSR count). The van der Waals surface area contributed by atoms with E-state index in [0.717, 1.165) is 0 Å². The standard InChI is InChI=1S/C13H22N2O3/c1-8-6-10(16)14(11(8)17)9-7-12(2,3)15(18)13(9,4)5/h8-9,18H,6-7H2,1-5H3/p+1. The lowest BCUT2D eigenvalue weighted by Crippen LogP contribution is -2.54. The highest BCUT2D eigenvalue weighted by atomic mass is 16.5. The molecule has 2 aliphatic rings. The van der Waals surface area contributed by atoms with Crippen molar-refractivity contribution in [2.45, 2.75) is 64.6 Å². The van der Waals surface area contributed by atoms with Gasteiger partial charge in [-0.05, 0) is 34.1 Å². The lowest BCUT2D eigenvalue weighted by Gasteiger charge is -2.34. The predicted molar refractivity (Wildman–Crippen MR) is 67.6 cm³/mol. The molecule has 5 heteroatoms. The van der Waals surface area contributed by atoms with Crippen molar-refractivity contribution in [1.82, 2.24) is 9.96 Å². The topological polar surface area (TPSA) is 63.5 Å². The lowest BCUT2D eigenvalue weighted by molar-refractivity contribution is -0.198. The third-order valence-corrected chi connectivity index (χ3v) is 4.41. The molecular weight excluding hydrogens is 232 g/mol. The Morgan fingerprint density at radius 1 is 1.22 bits per heavy atom. The Balaban J connectivity index is 2.35. The molecule has 2 heterocycles. The number of imide groups is 1. The van der Waals surface area contributed by atoms with Crippen LogP contribution in [-0.4, -0.2) is 44.1 Å². The summed E-state index contributed by atoms with van der Waals surface area (Å²) in [6.07, 6.45) is 0.970. The van der Waals surface area contributed by atoms with Gasteiger partial charge in [-0.1, -0.05) is 12.0 Å². The van der Waals surface area contributed by atoms with E-state index in [1.165, 1.54) is 9.96 Å². The quantitative estimate of drug-likeness (QED) is 0.510. The molecule has 0 aliphatic carbocycles. The summed E-state index contributed by atoms with van der Waals surface area (Å²) in [5.74, 6) is -0.378. The van der Waals surface area contributed by atoms with Gasteiger partial charge in [-0.15, -0.1) is 0 Å². The fourth-order valence-electron chi connectivity index (χ4n) is 3.29. The molecule has 0 spiro atoms. The maximum absolute atomic E-state index is 12.1. The number of hydroxylamine groups is 2. The molecule has 2 unspecified atom stereocenters. The molecule has 2 N–H and O–H groups in total. The summed E-state index contributed by atoms with van der Waals surface area (Å²) in [6.45, 7) is 9.63. The predicted octanol–water partition coefficient (Wildman–Crippen LogP) is 0.653. The number of hydrogen-bond donors (Lipinski definition) is 0. The van der Waals surface area contributed by atoms with Crippen LogP contribution >= 0.6 is 0 Å². The van der Waals surface area contributed by atoms with E-state index in [9.17, 15) is 9.59 Å². The number of hydrogen-bond acceptors (Lipinski definition) is 3. The fraction of sp³-hybridized carbons (Fsp3) is 0.846. The molecule has 0 radical (unpaired) electrons. The van der Waals surface area contributed by atoms with Gasteiger partial charge in [0.05, 0.1) is 11.6 Å². The summed E-state index contributed by atoms with van der Waals surface area (Å²) in [5, 5.41) is 9.73. The van der Waals surface area contributed by atoms with Crippen LogP contribution in [0.15, 0.2) is 0 Å². The molecule has 0 aromatic heterocycles. The molecule has 2 fully saturated rings. The van der Waals surface area contributed by atoms with Crippen LogP contribution < -0.4 is 0 Å². The number of likely N-dealkylation sites (tertiary alicyclic amines) is 1. The summed E-state index contributed by atoms with van der Waals surface area (Å²) in [5.41, 5.74) is -0.820. The van der Waals surface area contributed by atoms with Crippen LogP contribution in [0.3, 0.4) is 0 Å². The third-order valence-electron chi connectivity index (χ3n) is 4.41. The van der Waals surface area contributed by atoms with Gasteiger partial charge in [0.1, 0.15) is 5.54 Å². The van der Waals surface area contributed by atoms with Crippen LogP contribution in [0.4, 0.5) is 0 Å². The highest BCUT2D eigenvalue weighted by Crippen LogP contribution is 2.43. The molecule has 2 aliphatic heterocycles. The first kappa shape index (κ1) is 13.5. The van der Waals surface area contributed by atoms with Crippen molar-refractivity contribution in [3.8, 4) is 0 Å². The number of carbonyl (C=O) groups excluding carboxylic acids is 2. The van der Waals surface area contributed by atoms with Gasteiger partial charge in [0.2, 0.25) is 11.8 Å². The minimum atomic E-state index is -0.501. The number of amides is 2. The normalized spacial score (nSPS) is 35.6. The van der Waals surface area contributed by atoms with E-state index >= 15 is 0 Å². The molecule has 2 saturated heterocycles. The van der Waals surface area contributed by atoms with Crippen LogP contribution in [0.1, 0.15) is 47.5 Å². The van der Waals surface area contributed by atoms with Crippen molar-refractivity contribution in [3.05, 3.63) is 0 Å². The molecule has 102 valence electrons. The van der Waals surface area contributed by atoms with Gasteiger partial charge >= 0.3 is 0 Å². The molecule has 0 aromatic carbocycles. The monoisotopic (exact) mass is 255 g/mol. The Hall–Kier alpha value is -0.940. The summed E-state index contributed by atoms with van der Waals surface area (Å²) >= 11 is 0. The molecule has 2 atom stereocenters. The van der Waals surface area contributed by atoms with E-state index in [4.69, 9.17) is 5.21 Å². The zero-order valence-electron chi connectivity index (χ0n) is 11.8. The van der Waals surface area contributed by atoms with Gasteiger partial charge < -0.3 is 5.21 Å². The largest absolute Gasteiger partial charge is 0.338 e. The molecule has 2 amide bonds. The average molecular weight is 255 g/mol. The Labute approximate surface area is 108 Å². The summed E-state index contributed by atoms with van der Waals surface area (Å²) in [4.78, 5) is 25.6. The van der Waals surface area contributed by atoms with Crippen LogP contribution in [0.2, 0.25) is 0 Å². The molecular formula is C13H23N2O3+. The molecule has 0 aromatic rings. The van der Waals surface area contributed by atoms with E-state index in [1.807, 2.05) is 27.7 Å². The minimum absolute atomic E-state index is 0.0795. The zero-order chi connectivity index (χ0) is 13.9. The Morgan fingerprint density at radius 3 is 2.11 bits per heavy atom. The maximum atomic E-state index is 12.1. The van der Waals surface area contributed by atoms with Crippen molar-refractivity contribution in [2.24, 2.45) is 5.92 Å². The highest BCUT2D eigenvalue weighted by molar-refractivity contribution is 6.03. The highest BCUT2D eigenvalue weighted by Gasteiger charge is 2.60. The third kappa shape index (κ3) is 1.68. The molecule has 18 heavy (non-hydrogen) atoms. The van der Waals surface area contributed by atoms with Gasteiger partial charge in [0.15, 0.2) is 0 Å². The second-order valence-electron chi connectivity index (χ2n) is 6.73.